The summed E-state index contributed by atoms with van der Waals surface area (Å²) in [5, 5.41) is 2.66. The maximum absolute atomic E-state index is 6.63. The molecule has 0 aliphatic rings. The van der Waals surface area contributed by atoms with Crippen molar-refractivity contribution in [1.29, 1.82) is 0 Å². The molecule has 1 unspecified atom stereocenters. The van der Waals surface area contributed by atoms with Crippen LogP contribution in [0.5, 0.6) is 0 Å². The van der Waals surface area contributed by atoms with E-state index in [-0.39, 0.29) is 17.0 Å². The second-order valence-electron chi connectivity index (χ2n) is 7.99. The number of unbranched alkanes of at least 4 members (excludes halogenated alkanes) is 5. The average Bonchev–Trinajstić information content (AvgIpc) is 2.82. The Morgan fingerprint density at radius 1 is 0.645 bits per heavy atom. The van der Waals surface area contributed by atoms with Crippen molar-refractivity contribution in [3.63, 3.8) is 0 Å². The zero-order valence-corrected chi connectivity index (χ0v) is 21.4. The standard InChI is InChI=1S/C28H36OP.BrH/c1-3-4-5-6-7-17-24-28(25-18-11-8-12-19-25)30(29-2,26-20-13-9-14-21-26)27-22-15-10-16-23-27;/h8-16,18-23,28H,3-7,17,24H2,1-2H3;1H/q+1;/p-1. The first-order valence-electron chi connectivity index (χ1n) is 11.4. The summed E-state index contributed by atoms with van der Waals surface area (Å²) in [4.78, 5) is 0. The molecule has 0 aliphatic carbocycles. The lowest BCUT2D eigenvalue weighted by Gasteiger charge is -2.32. The second-order valence-corrected chi connectivity index (χ2v) is 11.3. The first-order chi connectivity index (χ1) is 14.8. The first-order valence-corrected chi connectivity index (χ1v) is 13.2. The van der Waals surface area contributed by atoms with Crippen molar-refractivity contribution in [1.82, 2.24) is 0 Å². The van der Waals surface area contributed by atoms with Gasteiger partial charge in [-0.05, 0) is 42.7 Å². The van der Waals surface area contributed by atoms with Crippen LogP contribution in [-0.4, -0.2) is 7.11 Å². The smallest absolute Gasteiger partial charge is 0.217 e. The molecule has 0 N–H and O–H groups in total. The van der Waals surface area contributed by atoms with Crippen molar-refractivity contribution in [2.24, 2.45) is 0 Å². The number of hydrogen-bond acceptors (Lipinski definition) is 1. The van der Waals surface area contributed by atoms with Gasteiger partial charge < -0.3 is 17.0 Å². The van der Waals surface area contributed by atoms with Gasteiger partial charge in [0, 0.05) is 0 Å². The number of hydrogen-bond donors (Lipinski definition) is 0. The van der Waals surface area contributed by atoms with Crippen LogP contribution >= 0.6 is 7.49 Å². The van der Waals surface area contributed by atoms with Gasteiger partial charge >= 0.3 is 0 Å². The summed E-state index contributed by atoms with van der Waals surface area (Å²) in [7, 11) is -0.154. The molecule has 0 aromatic heterocycles. The van der Waals surface area contributed by atoms with Gasteiger partial charge in [0.25, 0.3) is 0 Å². The largest absolute Gasteiger partial charge is 1.00 e. The van der Waals surface area contributed by atoms with Crippen LogP contribution in [0.4, 0.5) is 0 Å². The van der Waals surface area contributed by atoms with E-state index in [1.807, 2.05) is 7.11 Å². The molecule has 0 amide bonds. The third-order valence-corrected chi connectivity index (χ3v) is 10.2. The predicted molar refractivity (Wildman–Crippen MR) is 133 cm³/mol. The predicted octanol–water partition coefficient (Wildman–Crippen LogP) is 4.71. The molecule has 0 bridgehead atoms. The van der Waals surface area contributed by atoms with Crippen molar-refractivity contribution in [3.05, 3.63) is 96.6 Å². The van der Waals surface area contributed by atoms with E-state index in [1.165, 1.54) is 54.7 Å². The van der Waals surface area contributed by atoms with Gasteiger partial charge in [-0.3, -0.25) is 0 Å². The minimum absolute atomic E-state index is 0. The fourth-order valence-corrected chi connectivity index (χ4v) is 8.56. The lowest BCUT2D eigenvalue weighted by atomic mass is 10.0. The summed E-state index contributed by atoms with van der Waals surface area (Å²) in [6.45, 7) is 2.28. The van der Waals surface area contributed by atoms with Gasteiger partial charge in [-0.25, -0.2) is 4.52 Å². The molecule has 0 aliphatic heterocycles. The summed E-state index contributed by atoms with van der Waals surface area (Å²) in [5.41, 5.74) is 1.76. The summed E-state index contributed by atoms with van der Waals surface area (Å²) in [5.74, 6) is 0. The Labute approximate surface area is 200 Å². The molecule has 1 atom stereocenters. The monoisotopic (exact) mass is 498 g/mol. The number of benzene rings is 3. The molecule has 0 heterocycles. The van der Waals surface area contributed by atoms with E-state index in [0.717, 1.165) is 6.42 Å². The van der Waals surface area contributed by atoms with E-state index in [0.29, 0.717) is 5.66 Å². The lowest BCUT2D eigenvalue weighted by molar-refractivity contribution is -0.00000655. The molecular formula is C28H36BrOP. The van der Waals surface area contributed by atoms with Crippen LogP contribution in [-0.2, 0) is 4.52 Å². The van der Waals surface area contributed by atoms with E-state index >= 15 is 0 Å². The van der Waals surface area contributed by atoms with Crippen LogP contribution in [0.15, 0.2) is 91.0 Å². The Morgan fingerprint density at radius 2 is 1.10 bits per heavy atom. The second kappa shape index (κ2) is 13.8. The molecule has 3 rings (SSSR count). The quantitative estimate of drug-likeness (QED) is 0.259. The molecule has 1 nitrogen and oxygen atoms in total. The Bertz CT molecular complexity index is 799. The van der Waals surface area contributed by atoms with Gasteiger partial charge in [-0.15, -0.1) is 0 Å². The zero-order valence-electron chi connectivity index (χ0n) is 18.9. The Hall–Kier alpha value is -1.47. The van der Waals surface area contributed by atoms with Gasteiger partial charge in [-0.2, -0.15) is 0 Å². The highest BCUT2D eigenvalue weighted by atomic mass is 79.9. The summed E-state index contributed by atoms with van der Waals surface area (Å²) in [6.07, 6.45) is 9.04. The summed E-state index contributed by atoms with van der Waals surface area (Å²) < 4.78 is 6.63. The van der Waals surface area contributed by atoms with Crippen molar-refractivity contribution < 1.29 is 21.5 Å². The molecule has 0 saturated carbocycles. The van der Waals surface area contributed by atoms with Crippen LogP contribution in [0.1, 0.15) is 63.1 Å². The SMILES string of the molecule is CCCCCCCCC(c1ccccc1)[P+](OC)(c1ccccc1)c1ccccc1.[Br-]. The lowest BCUT2D eigenvalue weighted by Crippen LogP contribution is -3.00. The van der Waals surface area contributed by atoms with E-state index in [4.69, 9.17) is 4.52 Å². The van der Waals surface area contributed by atoms with Crippen molar-refractivity contribution in [3.8, 4) is 0 Å². The Morgan fingerprint density at radius 3 is 1.58 bits per heavy atom. The average molecular weight is 499 g/mol. The van der Waals surface area contributed by atoms with Gasteiger partial charge in [0.15, 0.2) is 0 Å². The van der Waals surface area contributed by atoms with E-state index in [2.05, 4.69) is 97.9 Å². The summed E-state index contributed by atoms with van der Waals surface area (Å²) >= 11 is 0. The highest BCUT2D eigenvalue weighted by Gasteiger charge is 2.52. The van der Waals surface area contributed by atoms with E-state index < -0.39 is 7.49 Å². The van der Waals surface area contributed by atoms with Crippen LogP contribution in [0.25, 0.3) is 0 Å². The molecule has 31 heavy (non-hydrogen) atoms. The minimum atomic E-state index is -2.08. The van der Waals surface area contributed by atoms with Gasteiger partial charge in [-0.1, -0.05) is 106 Å². The molecule has 166 valence electrons. The fourth-order valence-electron chi connectivity index (χ4n) is 4.50. The minimum Gasteiger partial charge on any atom is -1.00 e. The first kappa shape index (κ1) is 25.8. The van der Waals surface area contributed by atoms with Crippen molar-refractivity contribution in [2.45, 2.75) is 57.5 Å². The van der Waals surface area contributed by atoms with Crippen molar-refractivity contribution >= 4 is 18.1 Å². The topological polar surface area (TPSA) is 9.23 Å². The third kappa shape index (κ3) is 6.51. The van der Waals surface area contributed by atoms with E-state index in [1.54, 1.807) is 0 Å². The molecule has 3 heteroatoms. The molecule has 3 aromatic carbocycles. The maximum atomic E-state index is 6.63. The highest BCUT2D eigenvalue weighted by molar-refractivity contribution is 7.85. The maximum Gasteiger partial charge on any atom is 0.217 e. The normalized spacial score (nSPS) is 12.2. The van der Waals surface area contributed by atoms with Gasteiger partial charge in [0.2, 0.25) is 7.49 Å². The zero-order chi connectivity index (χ0) is 21.1. The number of halogens is 1. The van der Waals surface area contributed by atoms with Gasteiger partial charge in [0.05, 0.1) is 7.11 Å². The highest BCUT2D eigenvalue weighted by Crippen LogP contribution is 2.69. The fraction of sp³-hybridized carbons (Fsp3) is 0.357. The van der Waals surface area contributed by atoms with E-state index in [9.17, 15) is 0 Å². The Balaban J connectivity index is 0.00000341. The van der Waals surface area contributed by atoms with Crippen LogP contribution in [0, 0.1) is 0 Å². The molecule has 0 fully saturated rings. The molecule has 0 spiro atoms. The molecular weight excluding hydrogens is 463 g/mol. The third-order valence-electron chi connectivity index (χ3n) is 6.02. The van der Waals surface area contributed by atoms with Crippen LogP contribution in [0.3, 0.4) is 0 Å². The van der Waals surface area contributed by atoms with Crippen LogP contribution < -0.4 is 27.6 Å². The summed E-state index contributed by atoms with van der Waals surface area (Å²) in [6, 6.07) is 32.9. The van der Waals surface area contributed by atoms with Crippen molar-refractivity contribution in [2.75, 3.05) is 7.11 Å². The molecule has 0 saturated heterocycles. The number of rotatable bonds is 12. The molecule has 0 radical (unpaired) electrons. The molecule has 3 aromatic rings. The van der Waals surface area contributed by atoms with Crippen LogP contribution in [0.2, 0.25) is 0 Å². The Kier molecular flexibility index (Phi) is 11.5. The van der Waals surface area contributed by atoms with Gasteiger partial charge in [0.1, 0.15) is 16.3 Å².